The highest BCUT2D eigenvalue weighted by Gasteiger charge is 2.35. The number of amides is 3. The molecule has 3 amide bonds. The lowest BCUT2D eigenvalue weighted by atomic mass is 9.97. The van der Waals surface area contributed by atoms with Gasteiger partial charge in [0.05, 0.1) is 11.6 Å². The average Bonchev–Trinajstić information content (AvgIpc) is 2.87. The zero-order chi connectivity index (χ0) is 26.3. The van der Waals surface area contributed by atoms with Crippen LogP contribution in [0.4, 0.5) is 13.2 Å². The lowest BCUT2D eigenvalue weighted by Gasteiger charge is -2.26. The second-order valence-electron chi connectivity index (χ2n) is 8.00. The topological polar surface area (TPSA) is 122 Å². The fourth-order valence-corrected chi connectivity index (χ4v) is 3.65. The molecule has 0 radical (unpaired) electrons. The largest absolute Gasteiger partial charge is 0.416 e. The number of aliphatic hydroxyl groups excluding tert-OH is 1. The Morgan fingerprint density at radius 3 is 1.97 bits per heavy atom. The molecule has 3 rings (SSSR count). The van der Waals surface area contributed by atoms with Gasteiger partial charge in [-0.1, -0.05) is 66.7 Å². The first-order valence-electron chi connectivity index (χ1n) is 10.9. The molecule has 0 aromatic heterocycles. The summed E-state index contributed by atoms with van der Waals surface area (Å²) >= 11 is 0. The van der Waals surface area contributed by atoms with Crippen LogP contribution >= 0.6 is 0 Å². The monoisotopic (exact) mass is 499 g/mol. The van der Waals surface area contributed by atoms with E-state index in [-0.39, 0.29) is 11.1 Å². The van der Waals surface area contributed by atoms with E-state index < -0.39 is 54.1 Å². The molecular formula is C26H24F3N3O4. The lowest BCUT2D eigenvalue weighted by molar-refractivity contribution is -0.138. The first kappa shape index (κ1) is 26.4. The Labute approximate surface area is 205 Å². The van der Waals surface area contributed by atoms with Crippen molar-refractivity contribution in [3.63, 3.8) is 0 Å². The second kappa shape index (κ2) is 11.5. The molecule has 3 aromatic rings. The summed E-state index contributed by atoms with van der Waals surface area (Å²) in [6, 6.07) is 18.1. The number of alkyl halides is 3. The fourth-order valence-electron chi connectivity index (χ4n) is 3.65. The first-order chi connectivity index (χ1) is 17.1. The Bertz CT molecular complexity index is 1200. The molecule has 3 aromatic carbocycles. The van der Waals surface area contributed by atoms with Crippen molar-refractivity contribution in [3.05, 3.63) is 107 Å². The van der Waals surface area contributed by atoms with E-state index in [4.69, 9.17) is 5.73 Å². The molecule has 0 saturated carbocycles. The Kier molecular flexibility index (Phi) is 8.44. The van der Waals surface area contributed by atoms with Gasteiger partial charge < -0.3 is 21.5 Å². The molecule has 7 nitrogen and oxygen atoms in total. The number of benzene rings is 3. The molecule has 36 heavy (non-hydrogen) atoms. The van der Waals surface area contributed by atoms with E-state index in [1.807, 2.05) is 0 Å². The molecule has 0 aliphatic heterocycles. The zero-order valence-electron chi connectivity index (χ0n) is 18.9. The number of halogens is 3. The van der Waals surface area contributed by atoms with E-state index in [9.17, 15) is 32.7 Å². The van der Waals surface area contributed by atoms with E-state index >= 15 is 0 Å². The number of hydrogen-bond donors (Lipinski definition) is 4. The predicted molar refractivity (Wildman–Crippen MR) is 125 cm³/mol. The number of nitrogens with two attached hydrogens (primary N) is 1. The van der Waals surface area contributed by atoms with Crippen molar-refractivity contribution in [3.8, 4) is 0 Å². The molecule has 0 bridgehead atoms. The Morgan fingerprint density at radius 2 is 1.39 bits per heavy atom. The van der Waals surface area contributed by atoms with Gasteiger partial charge in [-0.2, -0.15) is 13.2 Å². The quantitative estimate of drug-likeness (QED) is 0.362. The normalized spacial score (nSPS) is 13.8. The first-order valence-corrected chi connectivity index (χ1v) is 10.9. The van der Waals surface area contributed by atoms with Crippen LogP contribution in [-0.4, -0.2) is 35.0 Å². The minimum Gasteiger partial charge on any atom is -0.381 e. The molecule has 0 saturated heterocycles. The van der Waals surface area contributed by atoms with Crippen LogP contribution in [0.2, 0.25) is 0 Å². The van der Waals surface area contributed by atoms with E-state index in [1.54, 1.807) is 60.7 Å². The van der Waals surface area contributed by atoms with Crippen LogP contribution in [0.25, 0.3) is 0 Å². The standard InChI is InChI=1S/C26H24F3N3O4/c27-26(28,29)19-14-8-7-13-18(19)15-20(23(30)34)31-25(36)22(33)21(16-9-3-1-4-10-16)32-24(35)17-11-5-2-6-12-17/h1-14,20-22,33H,15H2,(H2,30,34)(H,31,36)(H,32,35)/t20-,21+,22-/m1/s1. The van der Waals surface area contributed by atoms with Crippen LogP contribution in [0.5, 0.6) is 0 Å². The maximum absolute atomic E-state index is 13.4. The summed E-state index contributed by atoms with van der Waals surface area (Å²) in [5.74, 6) is -2.75. The highest BCUT2D eigenvalue weighted by atomic mass is 19.4. The van der Waals surface area contributed by atoms with Gasteiger partial charge in [0.15, 0.2) is 6.10 Å². The van der Waals surface area contributed by atoms with Gasteiger partial charge in [-0.05, 0) is 29.3 Å². The lowest BCUT2D eigenvalue weighted by Crippen LogP contribution is -2.52. The third kappa shape index (κ3) is 6.70. The summed E-state index contributed by atoms with van der Waals surface area (Å²) in [6.07, 6.45) is -7.11. The summed E-state index contributed by atoms with van der Waals surface area (Å²) in [5, 5.41) is 15.7. The third-order valence-corrected chi connectivity index (χ3v) is 5.47. The van der Waals surface area contributed by atoms with E-state index in [1.165, 1.54) is 18.2 Å². The third-order valence-electron chi connectivity index (χ3n) is 5.47. The van der Waals surface area contributed by atoms with Gasteiger partial charge in [0.2, 0.25) is 5.91 Å². The smallest absolute Gasteiger partial charge is 0.381 e. The van der Waals surface area contributed by atoms with Gasteiger partial charge in [-0.3, -0.25) is 14.4 Å². The summed E-state index contributed by atoms with van der Waals surface area (Å²) in [5.41, 5.74) is 4.80. The number of nitrogens with one attached hydrogen (secondary N) is 2. The molecule has 0 heterocycles. The molecular weight excluding hydrogens is 475 g/mol. The number of carbonyl (C=O) groups excluding carboxylic acids is 3. The van der Waals surface area contributed by atoms with Crippen molar-refractivity contribution in [1.29, 1.82) is 0 Å². The highest BCUT2D eigenvalue weighted by Crippen LogP contribution is 2.32. The SMILES string of the molecule is NC(=O)[C@@H](Cc1ccccc1C(F)(F)F)NC(=O)[C@H](O)[C@@H](NC(=O)c1ccccc1)c1ccccc1. The molecule has 0 aliphatic carbocycles. The zero-order valence-corrected chi connectivity index (χ0v) is 18.9. The van der Waals surface area contributed by atoms with Gasteiger partial charge >= 0.3 is 6.18 Å². The van der Waals surface area contributed by atoms with Crippen molar-refractivity contribution in [2.45, 2.75) is 30.8 Å². The van der Waals surface area contributed by atoms with Gasteiger partial charge in [0.25, 0.3) is 11.8 Å². The molecule has 188 valence electrons. The number of rotatable bonds is 9. The number of aliphatic hydroxyl groups is 1. The van der Waals surface area contributed by atoms with Crippen molar-refractivity contribution in [2.75, 3.05) is 0 Å². The van der Waals surface area contributed by atoms with Crippen LogP contribution in [0, 0.1) is 0 Å². The van der Waals surface area contributed by atoms with Crippen molar-refractivity contribution < 1.29 is 32.7 Å². The van der Waals surface area contributed by atoms with Crippen molar-refractivity contribution in [2.24, 2.45) is 5.73 Å². The Hall–Kier alpha value is -4.18. The van der Waals surface area contributed by atoms with Gasteiger partial charge in [0, 0.05) is 12.0 Å². The van der Waals surface area contributed by atoms with Crippen LogP contribution in [-0.2, 0) is 22.2 Å². The molecule has 0 aliphatic rings. The van der Waals surface area contributed by atoms with Crippen molar-refractivity contribution >= 4 is 17.7 Å². The molecule has 10 heteroatoms. The van der Waals surface area contributed by atoms with Crippen LogP contribution in [0.15, 0.2) is 84.9 Å². The second-order valence-corrected chi connectivity index (χ2v) is 8.00. The van der Waals surface area contributed by atoms with Crippen molar-refractivity contribution in [1.82, 2.24) is 10.6 Å². The highest BCUT2D eigenvalue weighted by molar-refractivity contribution is 5.95. The van der Waals surface area contributed by atoms with Gasteiger partial charge in [0.1, 0.15) is 6.04 Å². The number of carbonyl (C=O) groups is 3. The molecule has 0 fully saturated rings. The predicted octanol–water partition coefficient (Wildman–Crippen LogP) is 2.75. The average molecular weight is 499 g/mol. The summed E-state index contributed by atoms with van der Waals surface area (Å²) in [4.78, 5) is 37.6. The van der Waals surface area contributed by atoms with Gasteiger partial charge in [-0.25, -0.2) is 0 Å². The van der Waals surface area contributed by atoms with E-state index in [0.29, 0.717) is 5.56 Å². The van der Waals surface area contributed by atoms with E-state index in [0.717, 1.165) is 6.07 Å². The maximum Gasteiger partial charge on any atom is 0.416 e. The van der Waals surface area contributed by atoms with Crippen LogP contribution in [0.1, 0.15) is 33.1 Å². The summed E-state index contributed by atoms with van der Waals surface area (Å²) in [6.45, 7) is 0. The Morgan fingerprint density at radius 1 is 0.833 bits per heavy atom. The summed E-state index contributed by atoms with van der Waals surface area (Å²) < 4.78 is 40.1. The molecule has 0 unspecified atom stereocenters. The fraction of sp³-hybridized carbons (Fsp3) is 0.192. The van der Waals surface area contributed by atoms with Crippen LogP contribution < -0.4 is 16.4 Å². The number of hydrogen-bond acceptors (Lipinski definition) is 4. The summed E-state index contributed by atoms with van der Waals surface area (Å²) in [7, 11) is 0. The van der Waals surface area contributed by atoms with Crippen LogP contribution in [0.3, 0.4) is 0 Å². The van der Waals surface area contributed by atoms with E-state index in [2.05, 4.69) is 10.6 Å². The molecule has 0 spiro atoms. The molecule has 3 atom stereocenters. The molecule has 5 N–H and O–H groups in total. The minimum atomic E-state index is -4.68. The Balaban J connectivity index is 1.82. The number of primary amides is 1. The minimum absolute atomic E-state index is 0.249. The van der Waals surface area contributed by atoms with Gasteiger partial charge in [-0.15, -0.1) is 0 Å². The maximum atomic E-state index is 13.4.